The molecule has 28 valence electrons. The Labute approximate surface area is 43.5 Å². The first-order valence-corrected chi connectivity index (χ1v) is 2.79. The third-order valence-electron chi connectivity index (χ3n) is 0.471. The van der Waals surface area contributed by atoms with Crippen molar-refractivity contribution >= 4 is 16.3 Å². The Morgan fingerprint density at radius 2 is 2.00 bits per heavy atom. The van der Waals surface area contributed by atoms with Gasteiger partial charge in [-0.1, -0.05) is 0 Å². The molecule has 0 aromatic carbocycles. The van der Waals surface area contributed by atoms with E-state index in [9.17, 15) is 0 Å². The Bertz CT molecular complexity index is 21.5. The van der Waals surface area contributed by atoms with E-state index in [1.165, 1.54) is 5.28 Å². The molecule has 0 aliphatic heterocycles. The third-order valence-corrected chi connectivity index (χ3v) is 1.41. The number of hydrogen-bond acceptors (Lipinski definition) is 0. The van der Waals surface area contributed by atoms with Gasteiger partial charge in [-0.3, -0.25) is 0 Å². The molecule has 0 amide bonds. The van der Waals surface area contributed by atoms with Gasteiger partial charge in [0.2, 0.25) is 0 Å². The van der Waals surface area contributed by atoms with E-state index in [4.69, 9.17) is 0 Å². The largest absolute Gasteiger partial charge is 1.00 e. The van der Waals surface area contributed by atoms with Crippen molar-refractivity contribution in [2.24, 2.45) is 5.92 Å². The van der Waals surface area contributed by atoms with Crippen LogP contribution in [-0.4, -0.2) is 16.3 Å². The number of rotatable bonds is 1. The van der Waals surface area contributed by atoms with E-state index in [1.54, 1.807) is 0 Å². The van der Waals surface area contributed by atoms with Gasteiger partial charge in [0, 0.05) is 0 Å². The first-order chi connectivity index (χ1) is 2.27. The summed E-state index contributed by atoms with van der Waals surface area (Å²) in [5, 5.41) is 1.22. The SMILES string of the molecule is CC(C)[CH2][Al+2].[H-]. The molecule has 0 fully saturated rings. The molecule has 0 saturated heterocycles. The summed E-state index contributed by atoms with van der Waals surface area (Å²) in [4.78, 5) is 0. The Balaban J connectivity index is 0. The van der Waals surface area contributed by atoms with Gasteiger partial charge in [-0.05, 0) is 0 Å². The van der Waals surface area contributed by atoms with Crippen LogP contribution in [0.1, 0.15) is 15.3 Å². The summed E-state index contributed by atoms with van der Waals surface area (Å²) in [6, 6.07) is 0. The summed E-state index contributed by atoms with van der Waals surface area (Å²) >= 11 is 2.69. The second kappa shape index (κ2) is 2.75. The standard InChI is InChI=1S/C4H9.Al.H/c1-4(2)3;;/h4H,1H2,2-3H3;;/q;+2;-1. The second-order valence-corrected chi connectivity index (χ2v) is 2.10. The minimum Gasteiger partial charge on any atom is -1.00 e. The Morgan fingerprint density at radius 1 is 1.80 bits per heavy atom. The Hall–Kier alpha value is 0.532. The molecule has 0 bridgehead atoms. The fourth-order valence-corrected chi connectivity index (χ4v) is 0. The van der Waals surface area contributed by atoms with E-state index in [0.717, 1.165) is 5.92 Å². The van der Waals surface area contributed by atoms with Crippen LogP contribution < -0.4 is 0 Å². The molecule has 0 N–H and O–H groups in total. The van der Waals surface area contributed by atoms with E-state index in [0.29, 0.717) is 0 Å². The maximum Gasteiger partial charge on any atom is -1.00 e. The molecule has 0 saturated carbocycles. The third kappa shape index (κ3) is 4.53. The maximum atomic E-state index is 2.69. The van der Waals surface area contributed by atoms with Crippen molar-refractivity contribution in [2.75, 3.05) is 0 Å². The zero-order chi connectivity index (χ0) is 4.28. The fourth-order valence-electron chi connectivity index (χ4n) is 0. The molecular formula is C4H10Al+. The average Bonchev–Trinajstić information content (AvgIpc) is 1.38. The normalized spacial score (nSPS) is 9.80. The van der Waals surface area contributed by atoms with E-state index in [-0.39, 0.29) is 1.43 Å². The first kappa shape index (κ1) is 5.53. The zero-order valence-corrected chi connectivity index (χ0v) is 5.02. The van der Waals surface area contributed by atoms with Crippen molar-refractivity contribution in [3.05, 3.63) is 0 Å². The van der Waals surface area contributed by atoms with Gasteiger partial charge in [-0.2, -0.15) is 0 Å². The molecule has 0 aliphatic rings. The molecule has 5 heavy (non-hydrogen) atoms. The predicted molar refractivity (Wildman–Crippen MR) is 26.5 cm³/mol. The van der Waals surface area contributed by atoms with Crippen LogP contribution in [0.5, 0.6) is 0 Å². The van der Waals surface area contributed by atoms with Crippen LogP contribution in [0.3, 0.4) is 0 Å². The van der Waals surface area contributed by atoms with Gasteiger partial charge in [0.05, 0.1) is 0 Å². The quantitative estimate of drug-likeness (QED) is 0.421. The van der Waals surface area contributed by atoms with Gasteiger partial charge >= 0.3 is 41.3 Å². The summed E-state index contributed by atoms with van der Waals surface area (Å²) in [6.07, 6.45) is 0. The van der Waals surface area contributed by atoms with Gasteiger partial charge < -0.3 is 1.43 Å². The minimum atomic E-state index is 0. The zero-order valence-electron chi connectivity index (χ0n) is 4.86. The fraction of sp³-hybridized carbons (Fsp3) is 1.00. The topological polar surface area (TPSA) is 0 Å². The summed E-state index contributed by atoms with van der Waals surface area (Å²) in [7, 11) is 0. The van der Waals surface area contributed by atoms with Crippen molar-refractivity contribution in [2.45, 2.75) is 19.1 Å². The van der Waals surface area contributed by atoms with Gasteiger partial charge in [0.25, 0.3) is 0 Å². The van der Waals surface area contributed by atoms with Gasteiger partial charge in [0.1, 0.15) is 0 Å². The Morgan fingerprint density at radius 3 is 2.00 bits per heavy atom. The smallest absolute Gasteiger partial charge is 1.00 e. The van der Waals surface area contributed by atoms with E-state index >= 15 is 0 Å². The van der Waals surface area contributed by atoms with Crippen LogP contribution in [0.15, 0.2) is 0 Å². The summed E-state index contributed by atoms with van der Waals surface area (Å²) < 4.78 is 0. The average molecular weight is 85.1 g/mol. The first-order valence-electron chi connectivity index (χ1n) is 1.97. The predicted octanol–water partition coefficient (Wildman–Crippen LogP) is 1.34. The molecule has 0 nitrogen and oxygen atoms in total. The van der Waals surface area contributed by atoms with Crippen molar-refractivity contribution in [1.29, 1.82) is 0 Å². The van der Waals surface area contributed by atoms with Crippen molar-refractivity contribution in [1.82, 2.24) is 0 Å². The van der Waals surface area contributed by atoms with Crippen LogP contribution in [0, 0.1) is 5.92 Å². The molecule has 0 spiro atoms. The molecule has 0 unspecified atom stereocenters. The van der Waals surface area contributed by atoms with Crippen molar-refractivity contribution in [3.63, 3.8) is 0 Å². The molecule has 0 rings (SSSR count). The molecule has 0 aromatic rings. The molecule has 0 aliphatic carbocycles. The monoisotopic (exact) mass is 85.1 g/mol. The molecular weight excluding hydrogens is 75.0 g/mol. The van der Waals surface area contributed by atoms with E-state index < -0.39 is 0 Å². The summed E-state index contributed by atoms with van der Waals surface area (Å²) in [5.74, 6) is 0.847. The van der Waals surface area contributed by atoms with Crippen LogP contribution >= 0.6 is 0 Å². The van der Waals surface area contributed by atoms with Crippen LogP contribution in [0.25, 0.3) is 0 Å². The van der Waals surface area contributed by atoms with Crippen molar-refractivity contribution in [3.8, 4) is 0 Å². The van der Waals surface area contributed by atoms with Crippen LogP contribution in [0.2, 0.25) is 5.28 Å². The van der Waals surface area contributed by atoms with E-state index in [2.05, 4.69) is 30.1 Å². The number of hydrogen-bond donors (Lipinski definition) is 0. The molecule has 0 heterocycles. The van der Waals surface area contributed by atoms with E-state index in [1.807, 2.05) is 0 Å². The molecule has 0 radical (unpaired) electrons. The molecule has 0 atom stereocenters. The van der Waals surface area contributed by atoms with Crippen LogP contribution in [0.4, 0.5) is 0 Å². The Kier molecular flexibility index (Phi) is 3.05. The molecule has 1 heteroatoms. The summed E-state index contributed by atoms with van der Waals surface area (Å²) in [6.45, 7) is 4.40. The second-order valence-electron chi connectivity index (χ2n) is 1.63. The van der Waals surface area contributed by atoms with Crippen molar-refractivity contribution < 1.29 is 1.43 Å². The van der Waals surface area contributed by atoms with Gasteiger partial charge in [-0.25, -0.2) is 0 Å². The maximum absolute atomic E-state index is 2.69. The minimum absolute atomic E-state index is 0. The summed E-state index contributed by atoms with van der Waals surface area (Å²) in [5.41, 5.74) is 0. The van der Waals surface area contributed by atoms with Crippen LogP contribution in [-0.2, 0) is 0 Å². The van der Waals surface area contributed by atoms with Gasteiger partial charge in [-0.15, -0.1) is 0 Å². The molecule has 0 aromatic heterocycles. The van der Waals surface area contributed by atoms with Gasteiger partial charge in [0.15, 0.2) is 0 Å².